The van der Waals surface area contributed by atoms with Crippen molar-refractivity contribution in [3.63, 3.8) is 0 Å². The number of amides is 2. The van der Waals surface area contributed by atoms with E-state index in [0.29, 0.717) is 18.0 Å². The summed E-state index contributed by atoms with van der Waals surface area (Å²) in [6.07, 6.45) is 5.24. The minimum absolute atomic E-state index is 0.122. The van der Waals surface area contributed by atoms with E-state index in [2.05, 4.69) is 59.2 Å². The Kier molecular flexibility index (Phi) is 3.96. The fourth-order valence-electron chi connectivity index (χ4n) is 6.22. The maximum atomic E-state index is 12.9. The minimum atomic E-state index is 0.122. The van der Waals surface area contributed by atoms with Gasteiger partial charge in [-0.3, -0.25) is 9.99 Å². The Morgan fingerprint density at radius 2 is 1.97 bits per heavy atom. The Bertz CT molecular complexity index is 1090. The van der Waals surface area contributed by atoms with Crippen molar-refractivity contribution in [1.29, 1.82) is 0 Å². The van der Waals surface area contributed by atoms with Crippen molar-refractivity contribution in [3.8, 4) is 0 Å². The van der Waals surface area contributed by atoms with E-state index in [4.69, 9.17) is 5.10 Å². The summed E-state index contributed by atoms with van der Waals surface area (Å²) < 4.78 is 0. The topological polar surface area (TPSA) is 60.8 Å². The first-order chi connectivity index (χ1) is 14.9. The van der Waals surface area contributed by atoms with E-state index in [9.17, 15) is 4.79 Å². The average Bonchev–Trinajstić information content (AvgIpc) is 3.15. The second kappa shape index (κ2) is 6.44. The molecule has 3 fully saturated rings. The SMILES string of the molecule is CC1C(c2cnc3ccccc3c2)=NN2CCC3(CCN(C(=O)NC4CC4(C)C)C3)C12. The number of para-hydroxylation sites is 1. The van der Waals surface area contributed by atoms with Crippen molar-refractivity contribution in [2.45, 2.75) is 52.1 Å². The fourth-order valence-corrected chi connectivity index (χ4v) is 6.22. The maximum absolute atomic E-state index is 12.9. The van der Waals surface area contributed by atoms with Gasteiger partial charge in [-0.25, -0.2) is 4.79 Å². The first kappa shape index (κ1) is 19.1. The predicted octanol–water partition coefficient (Wildman–Crippen LogP) is 3.86. The van der Waals surface area contributed by atoms with E-state index < -0.39 is 0 Å². The number of carbonyl (C=O) groups is 1. The summed E-state index contributed by atoms with van der Waals surface area (Å²) in [5.41, 5.74) is 3.69. The number of urea groups is 1. The van der Waals surface area contributed by atoms with Gasteiger partial charge >= 0.3 is 6.03 Å². The highest BCUT2D eigenvalue weighted by molar-refractivity contribution is 6.05. The number of fused-ring (bicyclic) bond motifs is 3. The number of pyridine rings is 1. The molecule has 1 spiro atoms. The van der Waals surface area contributed by atoms with Crippen molar-refractivity contribution in [3.05, 3.63) is 42.1 Å². The molecule has 4 aliphatic rings. The van der Waals surface area contributed by atoms with Crippen molar-refractivity contribution in [2.24, 2.45) is 21.8 Å². The van der Waals surface area contributed by atoms with Crippen LogP contribution in [0.25, 0.3) is 10.9 Å². The molecule has 4 atom stereocenters. The highest BCUT2D eigenvalue weighted by Gasteiger charge is 2.57. The summed E-state index contributed by atoms with van der Waals surface area (Å²) >= 11 is 0. The number of benzene rings is 1. The lowest BCUT2D eigenvalue weighted by molar-refractivity contribution is 0.150. The quantitative estimate of drug-likeness (QED) is 0.807. The summed E-state index contributed by atoms with van der Waals surface area (Å²) in [6, 6.07) is 11.3. The van der Waals surface area contributed by atoms with Crippen molar-refractivity contribution in [2.75, 3.05) is 19.6 Å². The van der Waals surface area contributed by atoms with Gasteiger partial charge in [-0.05, 0) is 36.8 Å². The Labute approximate surface area is 183 Å². The molecule has 1 aromatic carbocycles. The zero-order valence-electron chi connectivity index (χ0n) is 18.6. The molecule has 6 rings (SSSR count). The Morgan fingerprint density at radius 1 is 1.19 bits per heavy atom. The van der Waals surface area contributed by atoms with Crippen LogP contribution in [-0.4, -0.2) is 58.4 Å². The van der Waals surface area contributed by atoms with E-state index in [1.54, 1.807) is 0 Å². The Hall–Kier alpha value is -2.63. The van der Waals surface area contributed by atoms with Gasteiger partial charge < -0.3 is 10.2 Å². The molecule has 3 aliphatic heterocycles. The standard InChI is InChI=1S/C25H31N5O/c1-16-21(18-12-17-6-4-5-7-19(17)26-14-18)28-30-11-9-25(22(16)30)8-10-29(15-25)23(31)27-20-13-24(20,2)3/h4-7,12,14,16,20,22H,8-11,13,15H2,1-3H3,(H,27,31). The van der Waals surface area contributed by atoms with Crippen LogP contribution in [0.2, 0.25) is 0 Å². The van der Waals surface area contributed by atoms with Crippen molar-refractivity contribution in [1.82, 2.24) is 20.2 Å². The van der Waals surface area contributed by atoms with Crippen molar-refractivity contribution < 1.29 is 4.79 Å². The highest BCUT2D eigenvalue weighted by atomic mass is 16.2. The lowest BCUT2D eigenvalue weighted by atomic mass is 9.73. The fraction of sp³-hybridized carbons (Fsp3) is 0.560. The van der Waals surface area contributed by atoms with Crippen LogP contribution in [0.3, 0.4) is 0 Å². The molecule has 162 valence electrons. The molecule has 1 saturated carbocycles. The van der Waals surface area contributed by atoms with Crippen LogP contribution in [0, 0.1) is 16.7 Å². The highest BCUT2D eigenvalue weighted by Crippen LogP contribution is 2.51. The number of hydrazone groups is 1. The van der Waals surface area contributed by atoms with Crippen LogP contribution in [0.1, 0.15) is 45.6 Å². The van der Waals surface area contributed by atoms with E-state index >= 15 is 0 Å². The number of carbonyl (C=O) groups excluding carboxylic acids is 1. The molecule has 2 saturated heterocycles. The van der Waals surface area contributed by atoms with E-state index in [-0.39, 0.29) is 16.9 Å². The maximum Gasteiger partial charge on any atom is 0.317 e. The number of nitrogens with one attached hydrogen (secondary N) is 1. The van der Waals surface area contributed by atoms with Crippen LogP contribution in [-0.2, 0) is 0 Å². The second-order valence-electron chi connectivity index (χ2n) is 10.8. The zero-order chi connectivity index (χ0) is 21.4. The molecular formula is C25H31N5O. The summed E-state index contributed by atoms with van der Waals surface area (Å²) in [6.45, 7) is 9.42. The molecule has 1 N–H and O–H groups in total. The normalized spacial score (nSPS) is 33.1. The molecule has 2 amide bonds. The van der Waals surface area contributed by atoms with Crippen LogP contribution in [0.4, 0.5) is 4.79 Å². The molecule has 0 bridgehead atoms. The second-order valence-corrected chi connectivity index (χ2v) is 10.8. The van der Waals surface area contributed by atoms with Crippen LogP contribution >= 0.6 is 0 Å². The molecule has 6 heteroatoms. The van der Waals surface area contributed by atoms with Gasteiger partial charge in [0.05, 0.1) is 17.3 Å². The molecule has 2 aromatic rings. The number of hydrogen-bond donors (Lipinski definition) is 1. The van der Waals surface area contributed by atoms with Gasteiger partial charge in [0, 0.05) is 54.2 Å². The molecule has 1 aliphatic carbocycles. The summed E-state index contributed by atoms with van der Waals surface area (Å²) in [4.78, 5) is 19.6. The number of likely N-dealkylation sites (tertiary alicyclic amines) is 1. The summed E-state index contributed by atoms with van der Waals surface area (Å²) in [5.74, 6) is 0.329. The Morgan fingerprint density at radius 3 is 2.77 bits per heavy atom. The van der Waals surface area contributed by atoms with Gasteiger partial charge in [-0.15, -0.1) is 0 Å². The first-order valence-electron chi connectivity index (χ1n) is 11.6. The molecule has 0 radical (unpaired) electrons. The summed E-state index contributed by atoms with van der Waals surface area (Å²) in [5, 5.41) is 11.8. The lowest BCUT2D eigenvalue weighted by Crippen LogP contribution is -2.45. The zero-order valence-corrected chi connectivity index (χ0v) is 18.6. The molecule has 1 aromatic heterocycles. The number of aromatic nitrogens is 1. The molecule has 6 nitrogen and oxygen atoms in total. The third-order valence-electron chi connectivity index (χ3n) is 8.30. The Balaban J connectivity index is 1.21. The van der Waals surface area contributed by atoms with Gasteiger partial charge in [0.1, 0.15) is 0 Å². The smallest absolute Gasteiger partial charge is 0.317 e. The third kappa shape index (κ3) is 2.94. The van der Waals surface area contributed by atoms with Gasteiger partial charge in [0.2, 0.25) is 0 Å². The number of nitrogens with zero attached hydrogens (tertiary/aromatic N) is 4. The van der Waals surface area contributed by atoms with Crippen LogP contribution in [0.5, 0.6) is 0 Å². The van der Waals surface area contributed by atoms with Gasteiger partial charge in [-0.2, -0.15) is 5.10 Å². The number of hydrogen-bond acceptors (Lipinski definition) is 4. The van der Waals surface area contributed by atoms with Crippen LogP contribution < -0.4 is 5.32 Å². The van der Waals surface area contributed by atoms with E-state index in [1.165, 1.54) is 0 Å². The minimum Gasteiger partial charge on any atom is -0.335 e. The van der Waals surface area contributed by atoms with E-state index in [1.807, 2.05) is 18.3 Å². The average molecular weight is 418 g/mol. The first-order valence-corrected chi connectivity index (χ1v) is 11.6. The largest absolute Gasteiger partial charge is 0.335 e. The van der Waals surface area contributed by atoms with Gasteiger partial charge in [0.25, 0.3) is 0 Å². The molecular weight excluding hydrogens is 386 g/mol. The van der Waals surface area contributed by atoms with E-state index in [0.717, 1.165) is 61.1 Å². The van der Waals surface area contributed by atoms with Crippen molar-refractivity contribution >= 4 is 22.6 Å². The molecule has 4 unspecified atom stereocenters. The van der Waals surface area contributed by atoms with Crippen LogP contribution in [0.15, 0.2) is 41.6 Å². The lowest BCUT2D eigenvalue weighted by Gasteiger charge is -2.33. The van der Waals surface area contributed by atoms with Gasteiger partial charge in [0.15, 0.2) is 0 Å². The van der Waals surface area contributed by atoms with Gasteiger partial charge in [-0.1, -0.05) is 39.0 Å². The number of rotatable bonds is 2. The predicted molar refractivity (Wildman–Crippen MR) is 122 cm³/mol. The third-order valence-corrected chi connectivity index (χ3v) is 8.30. The molecule has 4 heterocycles. The molecule has 31 heavy (non-hydrogen) atoms. The monoisotopic (exact) mass is 417 g/mol. The summed E-state index contributed by atoms with van der Waals surface area (Å²) in [7, 11) is 0.